The molecule has 0 aliphatic carbocycles. The monoisotopic (exact) mass is 617 g/mol. The SMILES string of the molecule is CCCCC=CCCC=CCCCCCCCC(=O)OCC(O)COC(=O)CCCCCCCC=CCC=CCCCCC. The summed E-state index contributed by atoms with van der Waals surface area (Å²) in [6.45, 7) is 4.20. The van der Waals surface area contributed by atoms with Gasteiger partial charge in [0.15, 0.2) is 0 Å². The molecule has 1 unspecified atom stereocenters. The van der Waals surface area contributed by atoms with Gasteiger partial charge in [-0.1, -0.05) is 127 Å². The first-order valence-electron chi connectivity index (χ1n) is 18.2. The molecule has 5 heteroatoms. The molecule has 0 fully saturated rings. The lowest BCUT2D eigenvalue weighted by molar-refractivity contribution is -0.152. The number of unbranched alkanes of at least 4 members (excludes halogenated alkanes) is 16. The molecular formula is C39H68O5. The van der Waals surface area contributed by atoms with Crippen LogP contribution in [0.25, 0.3) is 0 Å². The van der Waals surface area contributed by atoms with Crippen LogP contribution in [0.4, 0.5) is 0 Å². The fourth-order valence-electron chi connectivity index (χ4n) is 4.70. The molecular weight excluding hydrogens is 548 g/mol. The first kappa shape index (κ1) is 41.9. The van der Waals surface area contributed by atoms with E-state index in [1.54, 1.807) is 0 Å². The van der Waals surface area contributed by atoms with Gasteiger partial charge < -0.3 is 14.6 Å². The number of aliphatic hydroxyl groups excluding tert-OH is 1. The van der Waals surface area contributed by atoms with Crippen molar-refractivity contribution in [2.45, 2.75) is 174 Å². The van der Waals surface area contributed by atoms with Crippen LogP contribution in [-0.4, -0.2) is 36.4 Å². The average Bonchev–Trinajstić information content (AvgIpc) is 3.02. The molecule has 0 radical (unpaired) electrons. The van der Waals surface area contributed by atoms with Gasteiger partial charge in [-0.3, -0.25) is 9.59 Å². The lowest BCUT2D eigenvalue weighted by atomic mass is 10.1. The predicted molar refractivity (Wildman–Crippen MR) is 187 cm³/mol. The molecule has 0 heterocycles. The summed E-state index contributed by atoms with van der Waals surface area (Å²) in [6, 6.07) is 0. The first-order chi connectivity index (χ1) is 21.6. The number of aliphatic hydroxyl groups is 1. The van der Waals surface area contributed by atoms with E-state index >= 15 is 0 Å². The highest BCUT2D eigenvalue weighted by Crippen LogP contribution is 2.10. The molecule has 44 heavy (non-hydrogen) atoms. The summed E-state index contributed by atoms with van der Waals surface area (Å²) in [7, 11) is 0. The minimum Gasteiger partial charge on any atom is -0.463 e. The third-order valence-corrected chi connectivity index (χ3v) is 7.51. The zero-order valence-corrected chi connectivity index (χ0v) is 28.7. The summed E-state index contributed by atoms with van der Waals surface area (Å²) in [5.41, 5.74) is 0. The normalized spacial score (nSPS) is 12.7. The predicted octanol–water partition coefficient (Wildman–Crippen LogP) is 11.1. The van der Waals surface area contributed by atoms with Crippen molar-refractivity contribution in [3.8, 4) is 0 Å². The Kier molecular flexibility index (Phi) is 33.6. The largest absolute Gasteiger partial charge is 0.463 e. The number of allylic oxidation sites excluding steroid dienone is 8. The van der Waals surface area contributed by atoms with E-state index in [9.17, 15) is 14.7 Å². The Balaban J connectivity index is 3.50. The van der Waals surface area contributed by atoms with E-state index in [4.69, 9.17) is 9.47 Å². The second kappa shape index (κ2) is 35.3. The summed E-state index contributed by atoms with van der Waals surface area (Å²) in [6.07, 6.45) is 42.9. The molecule has 0 saturated heterocycles. The van der Waals surface area contributed by atoms with E-state index in [0.29, 0.717) is 12.8 Å². The van der Waals surface area contributed by atoms with Crippen LogP contribution in [0.1, 0.15) is 168 Å². The summed E-state index contributed by atoms with van der Waals surface area (Å²) in [4.78, 5) is 23.9. The molecule has 0 aromatic rings. The molecule has 0 aliphatic rings. The lowest BCUT2D eigenvalue weighted by Crippen LogP contribution is -2.25. The highest BCUT2D eigenvalue weighted by molar-refractivity contribution is 5.69. The van der Waals surface area contributed by atoms with Crippen LogP contribution in [0.15, 0.2) is 48.6 Å². The van der Waals surface area contributed by atoms with Gasteiger partial charge in [0.2, 0.25) is 0 Å². The van der Waals surface area contributed by atoms with Gasteiger partial charge in [-0.2, -0.15) is 0 Å². The van der Waals surface area contributed by atoms with E-state index in [0.717, 1.165) is 70.6 Å². The molecule has 0 saturated carbocycles. The Hall–Kier alpha value is -2.14. The lowest BCUT2D eigenvalue weighted by Gasteiger charge is -2.12. The van der Waals surface area contributed by atoms with Crippen molar-refractivity contribution in [2.75, 3.05) is 13.2 Å². The molecule has 1 N–H and O–H groups in total. The second-order valence-electron chi connectivity index (χ2n) is 12.0. The van der Waals surface area contributed by atoms with Gasteiger partial charge in [0, 0.05) is 12.8 Å². The summed E-state index contributed by atoms with van der Waals surface area (Å²) >= 11 is 0. The molecule has 0 amide bonds. The van der Waals surface area contributed by atoms with Crippen LogP contribution < -0.4 is 0 Å². The maximum absolute atomic E-state index is 11.9. The fraction of sp³-hybridized carbons (Fsp3) is 0.744. The molecule has 0 spiro atoms. The van der Waals surface area contributed by atoms with E-state index in [-0.39, 0.29) is 25.2 Å². The van der Waals surface area contributed by atoms with Gasteiger partial charge in [-0.15, -0.1) is 0 Å². The summed E-state index contributed by atoms with van der Waals surface area (Å²) < 4.78 is 10.3. The van der Waals surface area contributed by atoms with Crippen molar-refractivity contribution in [1.82, 2.24) is 0 Å². The third kappa shape index (κ3) is 34.4. The minimum atomic E-state index is -0.974. The Morgan fingerprint density at radius 1 is 0.477 bits per heavy atom. The number of hydrogen-bond acceptors (Lipinski definition) is 5. The van der Waals surface area contributed by atoms with Gasteiger partial charge in [-0.05, 0) is 77.0 Å². The maximum Gasteiger partial charge on any atom is 0.305 e. The number of rotatable bonds is 32. The Labute approximate surface area is 271 Å². The quantitative estimate of drug-likeness (QED) is 0.0462. The molecule has 0 bridgehead atoms. The summed E-state index contributed by atoms with van der Waals surface area (Å²) in [5.74, 6) is -0.598. The van der Waals surface area contributed by atoms with Crippen molar-refractivity contribution < 1.29 is 24.2 Å². The minimum absolute atomic E-state index is 0.128. The molecule has 0 rings (SSSR count). The Morgan fingerprint density at radius 3 is 1.32 bits per heavy atom. The molecule has 0 aromatic heterocycles. The highest BCUT2D eigenvalue weighted by Gasteiger charge is 2.12. The van der Waals surface area contributed by atoms with Crippen LogP contribution in [0.3, 0.4) is 0 Å². The van der Waals surface area contributed by atoms with E-state index in [1.165, 1.54) is 70.6 Å². The number of ether oxygens (including phenoxy) is 2. The zero-order valence-electron chi connectivity index (χ0n) is 28.7. The molecule has 1 atom stereocenters. The van der Waals surface area contributed by atoms with Gasteiger partial charge in [-0.25, -0.2) is 0 Å². The second-order valence-corrected chi connectivity index (χ2v) is 12.0. The number of carbonyl (C=O) groups excluding carboxylic acids is 2. The van der Waals surface area contributed by atoms with Crippen molar-refractivity contribution in [1.29, 1.82) is 0 Å². The molecule has 0 aromatic carbocycles. The van der Waals surface area contributed by atoms with Crippen molar-refractivity contribution in [3.63, 3.8) is 0 Å². The number of carbonyl (C=O) groups is 2. The zero-order chi connectivity index (χ0) is 32.2. The Bertz CT molecular complexity index is 752. The van der Waals surface area contributed by atoms with Gasteiger partial charge >= 0.3 is 11.9 Å². The van der Waals surface area contributed by atoms with Crippen LogP contribution in [0, 0.1) is 0 Å². The number of esters is 2. The van der Waals surface area contributed by atoms with Crippen molar-refractivity contribution in [2.24, 2.45) is 0 Å². The van der Waals surface area contributed by atoms with Crippen LogP contribution >= 0.6 is 0 Å². The van der Waals surface area contributed by atoms with Gasteiger partial charge in [0.25, 0.3) is 0 Å². The standard InChI is InChI=1S/C39H68O5/c1-3-5-7-9-11-13-15-17-19-21-23-25-27-29-31-33-38(41)43-35-37(40)36-44-39(42)34-32-30-28-26-24-22-20-18-16-14-12-10-8-6-4-2/h9,11-12,14,17-20,37,40H,3-8,10,13,15-16,21-36H2,1-2H3. The third-order valence-electron chi connectivity index (χ3n) is 7.51. The first-order valence-corrected chi connectivity index (χ1v) is 18.2. The average molecular weight is 617 g/mol. The fourth-order valence-corrected chi connectivity index (χ4v) is 4.70. The Morgan fingerprint density at radius 2 is 0.841 bits per heavy atom. The topological polar surface area (TPSA) is 72.8 Å². The molecule has 5 nitrogen and oxygen atoms in total. The van der Waals surface area contributed by atoms with E-state index in [1.807, 2.05) is 0 Å². The highest BCUT2D eigenvalue weighted by atomic mass is 16.6. The molecule has 254 valence electrons. The van der Waals surface area contributed by atoms with Gasteiger partial charge in [0.05, 0.1) is 0 Å². The van der Waals surface area contributed by atoms with E-state index in [2.05, 4.69) is 62.5 Å². The maximum atomic E-state index is 11.9. The van der Waals surface area contributed by atoms with Crippen LogP contribution in [0.2, 0.25) is 0 Å². The van der Waals surface area contributed by atoms with Crippen molar-refractivity contribution in [3.05, 3.63) is 48.6 Å². The van der Waals surface area contributed by atoms with Crippen LogP contribution in [-0.2, 0) is 19.1 Å². The van der Waals surface area contributed by atoms with Crippen LogP contribution in [0.5, 0.6) is 0 Å². The molecule has 0 aliphatic heterocycles. The summed E-state index contributed by atoms with van der Waals surface area (Å²) in [5, 5.41) is 9.98. The smallest absolute Gasteiger partial charge is 0.305 e. The van der Waals surface area contributed by atoms with Gasteiger partial charge in [0.1, 0.15) is 19.3 Å². The van der Waals surface area contributed by atoms with E-state index < -0.39 is 6.10 Å². The van der Waals surface area contributed by atoms with Crippen molar-refractivity contribution >= 4 is 11.9 Å². The number of hydrogen-bond donors (Lipinski definition) is 1.